The van der Waals surface area contributed by atoms with Gasteiger partial charge in [0.15, 0.2) is 5.96 Å². The van der Waals surface area contributed by atoms with Crippen molar-refractivity contribution in [2.45, 2.75) is 39.2 Å². The van der Waals surface area contributed by atoms with Crippen LogP contribution in [0.1, 0.15) is 33.1 Å². The van der Waals surface area contributed by atoms with Crippen LogP contribution in [0.5, 0.6) is 11.5 Å². The third kappa shape index (κ3) is 7.67. The molecule has 1 heterocycles. The molecule has 0 spiro atoms. The van der Waals surface area contributed by atoms with Gasteiger partial charge in [-0.25, -0.2) is 4.99 Å². The zero-order valence-electron chi connectivity index (χ0n) is 17.2. The summed E-state index contributed by atoms with van der Waals surface area (Å²) in [4.78, 5) is 6.99. The molecule has 1 aliphatic heterocycles. The van der Waals surface area contributed by atoms with E-state index < -0.39 is 0 Å². The third-order valence-corrected chi connectivity index (χ3v) is 4.80. The van der Waals surface area contributed by atoms with Crippen molar-refractivity contribution in [2.24, 2.45) is 10.9 Å². The minimum atomic E-state index is -0.00376. The average Bonchev–Trinajstić information content (AvgIpc) is 2.70. The Kier molecular flexibility index (Phi) is 9.25. The van der Waals surface area contributed by atoms with E-state index in [0.29, 0.717) is 6.54 Å². The van der Waals surface area contributed by atoms with Crippen molar-refractivity contribution < 1.29 is 14.2 Å². The van der Waals surface area contributed by atoms with Crippen LogP contribution in [-0.4, -0.2) is 64.0 Å². The number of guanidine groups is 1. The Hall–Kier alpha value is -1.95. The summed E-state index contributed by atoms with van der Waals surface area (Å²) in [6.45, 7) is 8.41. The molecule has 2 rings (SSSR count). The Morgan fingerprint density at radius 2 is 1.93 bits per heavy atom. The van der Waals surface area contributed by atoms with E-state index in [1.165, 1.54) is 19.3 Å². The van der Waals surface area contributed by atoms with Gasteiger partial charge in [0.1, 0.15) is 17.6 Å². The van der Waals surface area contributed by atoms with E-state index in [1.54, 1.807) is 7.11 Å². The monoisotopic (exact) mass is 377 g/mol. The van der Waals surface area contributed by atoms with Crippen LogP contribution in [0.2, 0.25) is 0 Å². The van der Waals surface area contributed by atoms with E-state index in [2.05, 4.69) is 24.2 Å². The lowest BCUT2D eigenvalue weighted by Crippen LogP contribution is -2.40. The average molecular weight is 378 g/mol. The van der Waals surface area contributed by atoms with Gasteiger partial charge in [-0.05, 0) is 63.3 Å². The van der Waals surface area contributed by atoms with Gasteiger partial charge in [-0.1, -0.05) is 0 Å². The molecular formula is C21H35N3O3. The van der Waals surface area contributed by atoms with Gasteiger partial charge >= 0.3 is 0 Å². The van der Waals surface area contributed by atoms with Gasteiger partial charge in [0.25, 0.3) is 0 Å². The number of aliphatic imine (C=N–C) groups is 1. The smallest absolute Gasteiger partial charge is 0.193 e. The van der Waals surface area contributed by atoms with E-state index in [9.17, 15) is 0 Å². The van der Waals surface area contributed by atoms with Crippen LogP contribution >= 0.6 is 0 Å². The molecule has 0 aliphatic carbocycles. The summed E-state index contributed by atoms with van der Waals surface area (Å²) < 4.78 is 16.6. The van der Waals surface area contributed by atoms with E-state index in [0.717, 1.165) is 49.7 Å². The van der Waals surface area contributed by atoms with E-state index in [4.69, 9.17) is 19.2 Å². The van der Waals surface area contributed by atoms with Crippen LogP contribution in [0.4, 0.5) is 0 Å². The number of nitrogens with one attached hydrogen (secondary N) is 1. The van der Waals surface area contributed by atoms with Crippen molar-refractivity contribution in [3.8, 4) is 11.5 Å². The number of hydrogen-bond acceptors (Lipinski definition) is 4. The summed E-state index contributed by atoms with van der Waals surface area (Å²) in [5.41, 5.74) is 0. The largest absolute Gasteiger partial charge is 0.497 e. The Balaban J connectivity index is 1.82. The fourth-order valence-electron chi connectivity index (χ4n) is 3.13. The number of nitrogens with zero attached hydrogens (tertiary/aromatic N) is 2. The lowest BCUT2D eigenvalue weighted by molar-refractivity contribution is 0.0625. The van der Waals surface area contributed by atoms with Crippen LogP contribution in [0.25, 0.3) is 0 Å². The molecule has 1 saturated heterocycles. The number of benzene rings is 1. The predicted octanol–water partition coefficient (Wildman–Crippen LogP) is 3.18. The summed E-state index contributed by atoms with van der Waals surface area (Å²) in [5, 5.41) is 3.38. The number of hydrogen-bond donors (Lipinski definition) is 1. The molecule has 152 valence electrons. The number of ether oxygens (including phenoxy) is 3. The van der Waals surface area contributed by atoms with Crippen LogP contribution in [0.3, 0.4) is 0 Å². The molecule has 1 atom stereocenters. The first kappa shape index (κ1) is 21.4. The van der Waals surface area contributed by atoms with Gasteiger partial charge in [-0.3, -0.25) is 0 Å². The van der Waals surface area contributed by atoms with Crippen LogP contribution < -0.4 is 14.8 Å². The fourth-order valence-corrected chi connectivity index (χ4v) is 3.13. The fraction of sp³-hybridized carbons (Fsp3) is 0.667. The molecule has 0 amide bonds. The van der Waals surface area contributed by atoms with Crippen molar-refractivity contribution in [1.29, 1.82) is 0 Å². The summed E-state index contributed by atoms with van der Waals surface area (Å²) in [7, 11) is 3.77. The van der Waals surface area contributed by atoms with Gasteiger partial charge in [-0.2, -0.15) is 0 Å². The van der Waals surface area contributed by atoms with E-state index >= 15 is 0 Å². The first-order chi connectivity index (χ1) is 13.1. The summed E-state index contributed by atoms with van der Waals surface area (Å²) >= 11 is 0. The van der Waals surface area contributed by atoms with Gasteiger partial charge in [0.2, 0.25) is 0 Å². The van der Waals surface area contributed by atoms with E-state index in [1.807, 2.05) is 31.2 Å². The predicted molar refractivity (Wildman–Crippen MR) is 110 cm³/mol. The lowest BCUT2D eigenvalue weighted by atomic mass is 9.96. The van der Waals surface area contributed by atoms with Crippen LogP contribution in [-0.2, 0) is 4.74 Å². The maximum absolute atomic E-state index is 5.95. The normalized spacial score (nSPS) is 16.7. The Morgan fingerprint density at radius 3 is 2.56 bits per heavy atom. The molecule has 1 N–H and O–H groups in total. The second-order valence-electron chi connectivity index (χ2n) is 7.06. The molecule has 6 heteroatoms. The summed E-state index contributed by atoms with van der Waals surface area (Å²) in [6, 6.07) is 7.65. The van der Waals surface area contributed by atoms with Crippen LogP contribution in [0.15, 0.2) is 29.3 Å². The summed E-state index contributed by atoms with van der Waals surface area (Å²) in [6.07, 6.45) is 3.53. The highest BCUT2D eigenvalue weighted by Gasteiger charge is 2.15. The Labute approximate surface area is 163 Å². The van der Waals surface area contributed by atoms with Gasteiger partial charge in [0, 0.05) is 33.4 Å². The van der Waals surface area contributed by atoms with Gasteiger partial charge < -0.3 is 24.4 Å². The number of methoxy groups -OCH3 is 1. The highest BCUT2D eigenvalue weighted by atomic mass is 16.5. The SMILES string of the molecule is CCNC(=NCC(C)Oc1ccc(OC)cc1)N(C)CCC1CCOCC1. The summed E-state index contributed by atoms with van der Waals surface area (Å²) in [5.74, 6) is 3.36. The number of rotatable bonds is 9. The molecule has 6 nitrogen and oxygen atoms in total. The second-order valence-corrected chi connectivity index (χ2v) is 7.06. The topological polar surface area (TPSA) is 55.3 Å². The van der Waals surface area contributed by atoms with Gasteiger partial charge in [-0.15, -0.1) is 0 Å². The van der Waals surface area contributed by atoms with Crippen molar-refractivity contribution in [3.63, 3.8) is 0 Å². The molecule has 27 heavy (non-hydrogen) atoms. The lowest BCUT2D eigenvalue weighted by Gasteiger charge is -2.27. The minimum Gasteiger partial charge on any atom is -0.497 e. The zero-order chi connectivity index (χ0) is 19.5. The first-order valence-electron chi connectivity index (χ1n) is 10.00. The Morgan fingerprint density at radius 1 is 1.26 bits per heavy atom. The van der Waals surface area contributed by atoms with E-state index in [-0.39, 0.29) is 6.10 Å². The zero-order valence-corrected chi connectivity index (χ0v) is 17.2. The maximum atomic E-state index is 5.95. The molecule has 1 aromatic rings. The quantitative estimate of drug-likeness (QED) is 0.529. The highest BCUT2D eigenvalue weighted by molar-refractivity contribution is 5.79. The molecule has 1 unspecified atom stereocenters. The third-order valence-electron chi connectivity index (χ3n) is 4.80. The standard InChI is InChI=1S/C21H35N3O3/c1-5-22-21(24(3)13-10-18-11-14-26-15-12-18)23-16-17(2)27-20-8-6-19(25-4)7-9-20/h6-9,17-18H,5,10-16H2,1-4H3,(H,22,23). The van der Waals surface area contributed by atoms with Gasteiger partial charge in [0.05, 0.1) is 13.7 Å². The molecule has 1 aliphatic rings. The van der Waals surface area contributed by atoms with Crippen LogP contribution in [0, 0.1) is 5.92 Å². The molecule has 1 aromatic carbocycles. The Bertz CT molecular complexity index is 556. The highest BCUT2D eigenvalue weighted by Crippen LogP contribution is 2.19. The van der Waals surface area contributed by atoms with Crippen molar-refractivity contribution in [1.82, 2.24) is 10.2 Å². The molecule has 0 aromatic heterocycles. The molecular weight excluding hydrogens is 342 g/mol. The van der Waals surface area contributed by atoms with Crippen molar-refractivity contribution in [3.05, 3.63) is 24.3 Å². The molecule has 0 saturated carbocycles. The molecule has 0 radical (unpaired) electrons. The molecule has 0 bridgehead atoms. The molecule has 1 fully saturated rings. The van der Waals surface area contributed by atoms with Crippen molar-refractivity contribution >= 4 is 5.96 Å². The maximum Gasteiger partial charge on any atom is 0.193 e. The minimum absolute atomic E-state index is 0.00376. The second kappa shape index (κ2) is 11.7. The first-order valence-corrected chi connectivity index (χ1v) is 10.00. The van der Waals surface area contributed by atoms with Crippen molar-refractivity contribution in [2.75, 3.05) is 47.0 Å².